The highest BCUT2D eigenvalue weighted by atomic mass is 16.9. The standard InChI is InChI=1S/C24H49NO4/c1-2-3-4-5-6-7-8-9-10-11-12-13-14-15-16-17-18-19-20-25(28-23-21-26)29-24-22-27/h19-20,26-27H,2-18,21-24H2,1H3. The SMILES string of the molecule is CCCCCCCCCCCCCCCCCCC=CN(OCCO)OCCO. The summed E-state index contributed by atoms with van der Waals surface area (Å²) in [5.41, 5.74) is 0. The Labute approximate surface area is 180 Å². The van der Waals surface area contributed by atoms with Gasteiger partial charge >= 0.3 is 0 Å². The largest absolute Gasteiger partial charge is 0.394 e. The lowest BCUT2D eigenvalue weighted by molar-refractivity contribution is -0.339. The van der Waals surface area contributed by atoms with Gasteiger partial charge in [-0.2, -0.15) is 0 Å². The van der Waals surface area contributed by atoms with Crippen molar-refractivity contribution in [2.24, 2.45) is 0 Å². The van der Waals surface area contributed by atoms with E-state index in [1.54, 1.807) is 6.20 Å². The molecule has 0 spiro atoms. The first-order chi connectivity index (χ1) is 14.3. The summed E-state index contributed by atoms with van der Waals surface area (Å²) in [6.45, 7) is 2.50. The van der Waals surface area contributed by atoms with Crippen LogP contribution in [-0.2, 0) is 9.68 Å². The van der Waals surface area contributed by atoms with Gasteiger partial charge in [-0.3, -0.25) is 0 Å². The highest BCUT2D eigenvalue weighted by Crippen LogP contribution is 2.14. The molecule has 0 heterocycles. The lowest BCUT2D eigenvalue weighted by atomic mass is 10.0. The third-order valence-electron chi connectivity index (χ3n) is 5.07. The van der Waals surface area contributed by atoms with Gasteiger partial charge in [0.1, 0.15) is 13.2 Å². The summed E-state index contributed by atoms with van der Waals surface area (Å²) < 4.78 is 0. The van der Waals surface area contributed by atoms with E-state index in [1.165, 1.54) is 108 Å². The number of allylic oxidation sites excluding steroid dienone is 1. The van der Waals surface area contributed by atoms with Crippen molar-refractivity contribution < 1.29 is 19.9 Å². The third-order valence-corrected chi connectivity index (χ3v) is 5.07. The zero-order valence-electron chi connectivity index (χ0n) is 19.2. The number of aliphatic hydroxyl groups is 2. The fraction of sp³-hybridized carbons (Fsp3) is 0.917. The highest BCUT2D eigenvalue weighted by molar-refractivity contribution is 4.76. The van der Waals surface area contributed by atoms with E-state index in [0.29, 0.717) is 0 Å². The molecule has 0 aliphatic rings. The molecule has 5 nitrogen and oxygen atoms in total. The predicted molar refractivity (Wildman–Crippen MR) is 121 cm³/mol. The van der Waals surface area contributed by atoms with Crippen LogP contribution >= 0.6 is 0 Å². The molecule has 29 heavy (non-hydrogen) atoms. The van der Waals surface area contributed by atoms with E-state index in [2.05, 4.69) is 6.92 Å². The van der Waals surface area contributed by atoms with E-state index in [-0.39, 0.29) is 26.4 Å². The molecule has 2 N–H and O–H groups in total. The topological polar surface area (TPSA) is 62.2 Å². The van der Waals surface area contributed by atoms with Gasteiger partial charge in [0.2, 0.25) is 0 Å². The molecular weight excluding hydrogens is 366 g/mol. The summed E-state index contributed by atoms with van der Waals surface area (Å²) in [5.74, 6) is 0. The van der Waals surface area contributed by atoms with Crippen molar-refractivity contribution in [3.05, 3.63) is 12.3 Å². The van der Waals surface area contributed by atoms with Gasteiger partial charge in [-0.1, -0.05) is 109 Å². The van der Waals surface area contributed by atoms with Crippen LogP contribution in [0.2, 0.25) is 0 Å². The zero-order chi connectivity index (χ0) is 21.3. The first-order valence-corrected chi connectivity index (χ1v) is 12.3. The van der Waals surface area contributed by atoms with E-state index in [9.17, 15) is 0 Å². The Morgan fingerprint density at radius 3 is 1.34 bits per heavy atom. The van der Waals surface area contributed by atoms with Gasteiger partial charge < -0.3 is 10.2 Å². The maximum absolute atomic E-state index is 8.79. The molecule has 5 heteroatoms. The minimum Gasteiger partial charge on any atom is -0.394 e. The first kappa shape index (κ1) is 28.4. The van der Waals surface area contributed by atoms with Crippen molar-refractivity contribution in [3.63, 3.8) is 0 Å². The molecule has 0 aliphatic heterocycles. The molecule has 0 rings (SSSR count). The average Bonchev–Trinajstić information content (AvgIpc) is 2.74. The molecule has 0 unspecified atom stereocenters. The Bertz CT molecular complexity index is 318. The van der Waals surface area contributed by atoms with Crippen LogP contribution in [0, 0.1) is 0 Å². The summed E-state index contributed by atoms with van der Waals surface area (Å²) in [5, 5.41) is 18.8. The average molecular weight is 416 g/mol. The van der Waals surface area contributed by atoms with Crippen LogP contribution in [0.3, 0.4) is 0 Å². The van der Waals surface area contributed by atoms with Crippen molar-refractivity contribution in [2.75, 3.05) is 26.4 Å². The number of unbranched alkanes of at least 4 members (excludes halogenated alkanes) is 16. The molecule has 0 atom stereocenters. The summed E-state index contributed by atoms with van der Waals surface area (Å²) in [6, 6.07) is 0. The van der Waals surface area contributed by atoms with Gasteiger partial charge in [0, 0.05) is 0 Å². The summed E-state index contributed by atoms with van der Waals surface area (Å²) >= 11 is 0. The first-order valence-electron chi connectivity index (χ1n) is 12.3. The maximum Gasteiger partial charge on any atom is 0.101 e. The minimum atomic E-state index is -0.0635. The molecular formula is C24H49NO4. The van der Waals surface area contributed by atoms with Crippen LogP contribution < -0.4 is 0 Å². The van der Waals surface area contributed by atoms with Crippen LogP contribution in [0.25, 0.3) is 0 Å². The summed E-state index contributed by atoms with van der Waals surface area (Å²) in [7, 11) is 0. The Kier molecular flexibility index (Phi) is 24.9. The quantitative estimate of drug-likeness (QED) is 0.143. The highest BCUT2D eigenvalue weighted by Gasteiger charge is 1.99. The monoisotopic (exact) mass is 415 g/mol. The van der Waals surface area contributed by atoms with Crippen LogP contribution in [0.4, 0.5) is 0 Å². The molecule has 0 aromatic carbocycles. The van der Waals surface area contributed by atoms with Gasteiger partial charge in [-0.25, -0.2) is 9.68 Å². The zero-order valence-corrected chi connectivity index (χ0v) is 19.2. The lowest BCUT2D eigenvalue weighted by Crippen LogP contribution is -2.22. The van der Waals surface area contributed by atoms with Crippen molar-refractivity contribution in [1.82, 2.24) is 5.23 Å². The van der Waals surface area contributed by atoms with Gasteiger partial charge in [0.05, 0.1) is 19.4 Å². The Morgan fingerprint density at radius 2 is 0.966 bits per heavy atom. The van der Waals surface area contributed by atoms with Crippen molar-refractivity contribution >= 4 is 0 Å². The van der Waals surface area contributed by atoms with Crippen LogP contribution in [0.1, 0.15) is 116 Å². The Hall–Kier alpha value is -0.620. The molecule has 0 bridgehead atoms. The summed E-state index contributed by atoms with van der Waals surface area (Å²) in [6.07, 6.45) is 26.8. The van der Waals surface area contributed by atoms with Crippen LogP contribution in [0.15, 0.2) is 12.3 Å². The third kappa shape index (κ3) is 23.5. The molecule has 0 amide bonds. The normalized spacial score (nSPS) is 11.6. The predicted octanol–water partition coefficient (Wildman–Crippen LogP) is 6.30. The van der Waals surface area contributed by atoms with Gasteiger partial charge in [-0.15, -0.1) is 5.23 Å². The molecule has 0 aromatic heterocycles. The van der Waals surface area contributed by atoms with Gasteiger partial charge in [-0.05, 0) is 12.8 Å². The fourth-order valence-electron chi connectivity index (χ4n) is 3.36. The van der Waals surface area contributed by atoms with Crippen molar-refractivity contribution in [1.29, 1.82) is 0 Å². The second-order valence-corrected chi connectivity index (χ2v) is 7.88. The minimum absolute atomic E-state index is 0.0635. The maximum atomic E-state index is 8.79. The number of nitrogens with zero attached hydrogens (tertiary/aromatic N) is 1. The second-order valence-electron chi connectivity index (χ2n) is 7.88. The molecule has 0 aromatic rings. The molecule has 0 saturated heterocycles. The molecule has 0 radical (unpaired) electrons. The van der Waals surface area contributed by atoms with Gasteiger partial charge in [0.15, 0.2) is 0 Å². The molecule has 0 aliphatic carbocycles. The molecule has 0 fully saturated rings. The number of hydrogen-bond donors (Lipinski definition) is 2. The van der Waals surface area contributed by atoms with Crippen molar-refractivity contribution in [3.8, 4) is 0 Å². The number of rotatable bonds is 24. The van der Waals surface area contributed by atoms with Crippen LogP contribution in [-0.4, -0.2) is 41.9 Å². The number of aliphatic hydroxyl groups excluding tert-OH is 2. The number of hydrogen-bond acceptors (Lipinski definition) is 5. The number of hydroxylamine groups is 2. The van der Waals surface area contributed by atoms with Crippen molar-refractivity contribution in [2.45, 2.75) is 116 Å². The molecule has 0 saturated carbocycles. The van der Waals surface area contributed by atoms with E-state index in [0.717, 1.165) is 6.42 Å². The van der Waals surface area contributed by atoms with E-state index >= 15 is 0 Å². The fourth-order valence-corrected chi connectivity index (χ4v) is 3.36. The van der Waals surface area contributed by atoms with E-state index < -0.39 is 0 Å². The molecule has 174 valence electrons. The van der Waals surface area contributed by atoms with E-state index in [1.807, 2.05) is 6.08 Å². The van der Waals surface area contributed by atoms with E-state index in [4.69, 9.17) is 19.9 Å². The smallest absolute Gasteiger partial charge is 0.101 e. The Balaban J connectivity index is 3.31. The summed E-state index contributed by atoms with van der Waals surface area (Å²) in [4.78, 5) is 10.4. The lowest BCUT2D eigenvalue weighted by Gasteiger charge is -2.17. The van der Waals surface area contributed by atoms with Gasteiger partial charge in [0.25, 0.3) is 0 Å². The second kappa shape index (κ2) is 25.4. The Morgan fingerprint density at radius 1 is 0.586 bits per heavy atom. The van der Waals surface area contributed by atoms with Crippen LogP contribution in [0.5, 0.6) is 0 Å².